The normalized spacial score (nSPS) is 10.4. The molecule has 144 valence electrons. The number of carbonyl (C=O) groups is 1. The van der Waals surface area contributed by atoms with Crippen molar-refractivity contribution in [2.45, 2.75) is 27.7 Å². The Morgan fingerprint density at radius 2 is 1.79 bits per heavy atom. The van der Waals surface area contributed by atoms with Gasteiger partial charge in [-0.2, -0.15) is 0 Å². The van der Waals surface area contributed by atoms with Gasteiger partial charge in [-0.3, -0.25) is 4.79 Å². The van der Waals surface area contributed by atoms with Crippen LogP contribution >= 0.6 is 0 Å². The van der Waals surface area contributed by atoms with E-state index < -0.39 is 0 Å². The van der Waals surface area contributed by atoms with Crippen LogP contribution in [0.4, 0.5) is 17.2 Å². The van der Waals surface area contributed by atoms with E-state index in [1.807, 2.05) is 63.2 Å². The van der Waals surface area contributed by atoms with E-state index in [9.17, 15) is 4.79 Å². The number of aryl methyl sites for hydroxylation is 3. The molecule has 0 saturated heterocycles. The van der Waals surface area contributed by atoms with Crippen LogP contribution in [-0.4, -0.2) is 22.5 Å². The van der Waals surface area contributed by atoms with Crippen molar-refractivity contribution in [2.24, 2.45) is 0 Å². The van der Waals surface area contributed by atoms with Gasteiger partial charge in [0.1, 0.15) is 23.1 Å². The highest BCUT2D eigenvalue weighted by atomic mass is 16.5. The number of amides is 1. The van der Waals surface area contributed by atoms with Gasteiger partial charge >= 0.3 is 0 Å². The molecule has 0 fully saturated rings. The lowest BCUT2D eigenvalue weighted by Crippen LogP contribution is -2.16. The van der Waals surface area contributed by atoms with Crippen molar-refractivity contribution >= 4 is 23.1 Å². The second kappa shape index (κ2) is 8.52. The molecule has 0 aliphatic carbocycles. The Morgan fingerprint density at radius 3 is 2.57 bits per heavy atom. The zero-order valence-electron chi connectivity index (χ0n) is 16.5. The second-order valence-corrected chi connectivity index (χ2v) is 6.51. The maximum atomic E-state index is 12.8. The molecule has 0 aliphatic rings. The second-order valence-electron chi connectivity index (χ2n) is 6.51. The van der Waals surface area contributed by atoms with Crippen LogP contribution in [0.5, 0.6) is 5.75 Å². The highest BCUT2D eigenvalue weighted by molar-refractivity contribution is 6.03. The Balaban J connectivity index is 1.85. The number of carbonyl (C=O) groups excluding carboxylic acids is 1. The fraction of sp³-hybridized carbons (Fsp3) is 0.227. The summed E-state index contributed by atoms with van der Waals surface area (Å²) in [6.07, 6.45) is 0. The van der Waals surface area contributed by atoms with E-state index in [1.54, 1.807) is 13.0 Å². The quantitative estimate of drug-likeness (QED) is 0.646. The molecular formula is C22H24N4O2. The van der Waals surface area contributed by atoms with Gasteiger partial charge < -0.3 is 15.4 Å². The Hall–Kier alpha value is -3.41. The number of benzene rings is 2. The van der Waals surface area contributed by atoms with Gasteiger partial charge in [-0.1, -0.05) is 24.3 Å². The van der Waals surface area contributed by atoms with Gasteiger partial charge in [0.15, 0.2) is 0 Å². The minimum Gasteiger partial charge on any atom is -0.492 e. The monoisotopic (exact) mass is 376 g/mol. The topological polar surface area (TPSA) is 76.1 Å². The van der Waals surface area contributed by atoms with Crippen LogP contribution in [0.2, 0.25) is 0 Å². The van der Waals surface area contributed by atoms with E-state index in [0.29, 0.717) is 23.9 Å². The molecule has 1 aromatic heterocycles. The average Bonchev–Trinajstić information content (AvgIpc) is 2.66. The maximum Gasteiger partial charge on any atom is 0.274 e. The lowest BCUT2D eigenvalue weighted by atomic mass is 10.1. The van der Waals surface area contributed by atoms with Gasteiger partial charge in [0.25, 0.3) is 5.91 Å². The number of hydrogen-bond acceptors (Lipinski definition) is 5. The van der Waals surface area contributed by atoms with Gasteiger partial charge in [-0.15, -0.1) is 0 Å². The molecular weight excluding hydrogens is 352 g/mol. The molecule has 28 heavy (non-hydrogen) atoms. The number of para-hydroxylation sites is 2. The summed E-state index contributed by atoms with van der Waals surface area (Å²) in [5.74, 6) is 1.48. The summed E-state index contributed by atoms with van der Waals surface area (Å²) in [6, 6.07) is 15.2. The number of hydrogen-bond donors (Lipinski definition) is 2. The van der Waals surface area contributed by atoms with E-state index >= 15 is 0 Å². The zero-order valence-corrected chi connectivity index (χ0v) is 16.5. The summed E-state index contributed by atoms with van der Waals surface area (Å²) in [4.78, 5) is 21.4. The minimum atomic E-state index is -0.277. The summed E-state index contributed by atoms with van der Waals surface area (Å²) in [7, 11) is 0. The van der Waals surface area contributed by atoms with Gasteiger partial charge in [-0.25, -0.2) is 9.97 Å². The van der Waals surface area contributed by atoms with Crippen molar-refractivity contribution in [3.8, 4) is 5.75 Å². The summed E-state index contributed by atoms with van der Waals surface area (Å²) in [6.45, 7) is 8.19. The van der Waals surface area contributed by atoms with E-state index in [4.69, 9.17) is 4.74 Å². The summed E-state index contributed by atoms with van der Waals surface area (Å²) < 4.78 is 5.64. The largest absolute Gasteiger partial charge is 0.492 e. The molecule has 0 radical (unpaired) electrons. The molecule has 0 unspecified atom stereocenters. The van der Waals surface area contributed by atoms with E-state index in [-0.39, 0.29) is 5.91 Å². The smallest absolute Gasteiger partial charge is 0.274 e. The molecule has 0 spiro atoms. The molecule has 2 aromatic carbocycles. The first-order valence-electron chi connectivity index (χ1n) is 9.19. The summed E-state index contributed by atoms with van der Waals surface area (Å²) in [5, 5.41) is 6.16. The van der Waals surface area contributed by atoms with Crippen molar-refractivity contribution < 1.29 is 9.53 Å². The molecule has 6 nitrogen and oxygen atoms in total. The summed E-state index contributed by atoms with van der Waals surface area (Å²) >= 11 is 0. The number of nitrogens with zero attached hydrogens (tertiary/aromatic N) is 2. The third-order valence-corrected chi connectivity index (χ3v) is 4.16. The van der Waals surface area contributed by atoms with Crippen LogP contribution in [0, 0.1) is 20.8 Å². The standard InChI is InChI=1S/C22H24N4O2/c1-5-28-20-9-7-6-8-17(20)25-21-13-19(23-16(4)24-21)22(27)26-18-12-14(2)10-11-15(18)3/h6-13H,5H2,1-4H3,(H,26,27)(H,23,24,25). The van der Waals surface area contributed by atoms with Crippen LogP contribution in [0.3, 0.4) is 0 Å². The molecule has 0 atom stereocenters. The fourth-order valence-electron chi connectivity index (χ4n) is 2.79. The molecule has 0 aliphatic heterocycles. The lowest BCUT2D eigenvalue weighted by Gasteiger charge is -2.13. The molecule has 3 aromatic rings. The number of aromatic nitrogens is 2. The van der Waals surface area contributed by atoms with Gasteiger partial charge in [0, 0.05) is 11.8 Å². The molecule has 1 heterocycles. The molecule has 1 amide bonds. The number of ether oxygens (including phenoxy) is 1. The highest BCUT2D eigenvalue weighted by Crippen LogP contribution is 2.27. The van der Waals surface area contributed by atoms with Crippen LogP contribution in [-0.2, 0) is 0 Å². The first kappa shape index (κ1) is 19.4. The van der Waals surface area contributed by atoms with E-state index in [0.717, 1.165) is 28.3 Å². The zero-order chi connectivity index (χ0) is 20.1. The van der Waals surface area contributed by atoms with Crippen molar-refractivity contribution in [3.05, 3.63) is 71.2 Å². The third kappa shape index (κ3) is 4.65. The van der Waals surface area contributed by atoms with Crippen LogP contribution in [0.15, 0.2) is 48.5 Å². The average molecular weight is 376 g/mol. The predicted molar refractivity (Wildman–Crippen MR) is 112 cm³/mol. The van der Waals surface area contributed by atoms with Crippen molar-refractivity contribution in [2.75, 3.05) is 17.2 Å². The van der Waals surface area contributed by atoms with Crippen molar-refractivity contribution in [3.63, 3.8) is 0 Å². The van der Waals surface area contributed by atoms with E-state index in [1.165, 1.54) is 0 Å². The number of nitrogens with one attached hydrogen (secondary N) is 2. The highest BCUT2D eigenvalue weighted by Gasteiger charge is 2.13. The van der Waals surface area contributed by atoms with Crippen molar-refractivity contribution in [1.29, 1.82) is 0 Å². The maximum absolute atomic E-state index is 12.8. The van der Waals surface area contributed by atoms with E-state index in [2.05, 4.69) is 20.6 Å². The molecule has 0 saturated carbocycles. The fourth-order valence-corrected chi connectivity index (χ4v) is 2.79. The number of anilines is 3. The van der Waals surface area contributed by atoms with Crippen LogP contribution < -0.4 is 15.4 Å². The Bertz CT molecular complexity index is 1000. The lowest BCUT2D eigenvalue weighted by molar-refractivity contribution is 0.102. The first-order chi connectivity index (χ1) is 13.5. The molecule has 2 N–H and O–H groups in total. The number of rotatable bonds is 6. The van der Waals surface area contributed by atoms with Gasteiger partial charge in [-0.05, 0) is 57.0 Å². The Kier molecular flexibility index (Phi) is 5.89. The summed E-state index contributed by atoms with van der Waals surface area (Å²) in [5.41, 5.74) is 3.92. The predicted octanol–water partition coefficient (Wildman–Crippen LogP) is 4.80. The SMILES string of the molecule is CCOc1ccccc1Nc1cc(C(=O)Nc2cc(C)ccc2C)nc(C)n1. The van der Waals surface area contributed by atoms with Crippen LogP contribution in [0.25, 0.3) is 0 Å². The van der Waals surface area contributed by atoms with Gasteiger partial charge in [0.05, 0.1) is 12.3 Å². The Labute approximate surface area is 165 Å². The minimum absolute atomic E-state index is 0.277. The van der Waals surface area contributed by atoms with Crippen LogP contribution in [0.1, 0.15) is 34.4 Å². The third-order valence-electron chi connectivity index (χ3n) is 4.16. The molecule has 3 rings (SSSR count). The van der Waals surface area contributed by atoms with Gasteiger partial charge in [0.2, 0.25) is 0 Å². The first-order valence-corrected chi connectivity index (χ1v) is 9.19. The molecule has 0 bridgehead atoms. The molecule has 6 heteroatoms. The van der Waals surface area contributed by atoms with Crippen molar-refractivity contribution in [1.82, 2.24) is 9.97 Å². The Morgan fingerprint density at radius 1 is 1.00 bits per heavy atom.